The van der Waals surface area contributed by atoms with Gasteiger partial charge in [-0.2, -0.15) is 0 Å². The number of hydrogen-bond donors (Lipinski definition) is 3. The van der Waals surface area contributed by atoms with E-state index in [4.69, 9.17) is 11.5 Å². The fourth-order valence-corrected chi connectivity index (χ4v) is 3.03. The van der Waals surface area contributed by atoms with Crippen LogP contribution in [0.1, 0.15) is 0 Å². The zero-order valence-electron chi connectivity index (χ0n) is 5.00. The zero-order chi connectivity index (χ0) is 7.56. The Kier molecular flexibility index (Phi) is 2.96. The number of hydrogen-bond acceptors (Lipinski definition) is 3. The Hall–Kier alpha value is 0.210. The fraction of sp³-hybridized carbons (Fsp3) is 0. The van der Waals surface area contributed by atoms with E-state index < -0.39 is 0 Å². The lowest BCUT2D eigenvalue weighted by Gasteiger charge is -2.02. The van der Waals surface area contributed by atoms with Gasteiger partial charge in [-0.25, -0.2) is 0 Å². The molecule has 5 N–H and O–H groups in total. The molecular formula is C4H6IN3P2. The molecule has 6 heteroatoms. The van der Waals surface area contributed by atoms with Crippen LogP contribution in [0, 0.1) is 0 Å². The second-order valence-electron chi connectivity index (χ2n) is 1.62. The molecule has 10 heavy (non-hydrogen) atoms. The van der Waals surface area contributed by atoms with Crippen LogP contribution in [0.25, 0.3) is 0 Å². The molecule has 1 aromatic heterocycles. The summed E-state index contributed by atoms with van der Waals surface area (Å²) in [5, 5.41) is 0. The van der Waals surface area contributed by atoms with Gasteiger partial charge in [-0.05, 0) is 21.9 Å². The van der Waals surface area contributed by atoms with E-state index in [0.717, 1.165) is 27.2 Å². The van der Waals surface area contributed by atoms with Gasteiger partial charge in [0.2, 0.25) is 0 Å². The van der Waals surface area contributed by atoms with E-state index in [1.54, 1.807) is 0 Å². The van der Waals surface area contributed by atoms with Gasteiger partial charge in [0.25, 0.3) is 0 Å². The highest BCUT2D eigenvalue weighted by atomic mass is 127. The zero-order valence-corrected chi connectivity index (χ0v) is 8.95. The molecule has 0 saturated heterocycles. The van der Waals surface area contributed by atoms with Crippen LogP contribution in [0.4, 0.5) is 16.5 Å². The average Bonchev–Trinajstić information content (AvgIpc) is 1.95. The molecule has 3 nitrogen and oxygen atoms in total. The van der Waals surface area contributed by atoms with Gasteiger partial charge < -0.3 is 15.0 Å². The minimum atomic E-state index is 0.695. The molecule has 0 amide bonds. The van der Waals surface area contributed by atoms with Crippen molar-refractivity contribution >= 4 is 55.8 Å². The molecule has 0 radical (unpaired) electrons. The Morgan fingerprint density at radius 3 is 2.60 bits per heavy atom. The smallest absolute Gasteiger partial charge is 0.0964 e. The molecule has 0 fully saturated rings. The van der Waals surface area contributed by atoms with Crippen molar-refractivity contribution in [2.75, 3.05) is 15.0 Å². The van der Waals surface area contributed by atoms with Gasteiger partial charge in [-0.15, -0.1) is 0 Å². The van der Waals surface area contributed by atoms with Crippen LogP contribution >= 0.6 is 39.2 Å². The van der Waals surface area contributed by atoms with Crippen molar-refractivity contribution in [1.82, 2.24) is 0 Å². The molecule has 1 heterocycles. The van der Waals surface area contributed by atoms with Crippen molar-refractivity contribution in [3.63, 3.8) is 0 Å². The van der Waals surface area contributed by atoms with Gasteiger partial charge in [-0.1, -0.05) is 0 Å². The Morgan fingerprint density at radius 2 is 2.10 bits per heavy atom. The van der Waals surface area contributed by atoms with Gasteiger partial charge in [0.15, 0.2) is 0 Å². The van der Waals surface area contributed by atoms with Gasteiger partial charge in [-0.3, -0.25) is 0 Å². The molecule has 0 unspecified atom stereocenters. The molecule has 1 aromatic rings. The quantitative estimate of drug-likeness (QED) is 0.549. The fourth-order valence-electron chi connectivity index (χ4n) is 0.484. The van der Waals surface area contributed by atoms with Crippen molar-refractivity contribution in [3.8, 4) is 0 Å². The minimum absolute atomic E-state index is 0.695. The third kappa shape index (κ3) is 1.62. The van der Waals surface area contributed by atoms with Gasteiger partial charge >= 0.3 is 0 Å². The summed E-state index contributed by atoms with van der Waals surface area (Å²) in [5.74, 6) is 0. The Labute approximate surface area is 76.3 Å². The van der Waals surface area contributed by atoms with Gasteiger partial charge in [0.1, 0.15) is 0 Å². The Balaban J connectivity index is 3.14. The lowest BCUT2D eigenvalue weighted by molar-refractivity contribution is 1.84. The molecule has 54 valence electrons. The Bertz CT molecular complexity index is 242. The van der Waals surface area contributed by atoms with Crippen molar-refractivity contribution in [2.24, 2.45) is 0 Å². The number of nitrogens with one attached hydrogen (secondary N) is 1. The monoisotopic (exact) mass is 285 g/mol. The average molecular weight is 285 g/mol. The second-order valence-corrected chi connectivity index (χ2v) is 4.52. The highest BCUT2D eigenvalue weighted by Gasteiger charge is 1.99. The minimum Gasteiger partial charge on any atom is -0.395 e. The van der Waals surface area contributed by atoms with Crippen LogP contribution in [0.5, 0.6) is 0 Å². The highest BCUT2D eigenvalue weighted by molar-refractivity contribution is 14.1. The van der Waals surface area contributed by atoms with E-state index in [1.807, 2.05) is 28.4 Å². The predicted octanol–water partition coefficient (Wildman–Crippen LogP) is 2.77. The molecular weight excluding hydrogens is 279 g/mol. The maximum absolute atomic E-state index is 5.65. The lowest BCUT2D eigenvalue weighted by atomic mass is 10.6. The first kappa shape index (κ1) is 8.31. The number of halogens is 1. The molecule has 0 aliphatic carbocycles. The normalized spacial score (nSPS) is 10.9. The number of nitrogens with two attached hydrogens (primary N) is 2. The standard InChI is InChI=1S/C4H6IN3P2/c5-8-4-2(6)3(7)9-1-10-4/h1,8H,6-7H2. The largest absolute Gasteiger partial charge is 0.395 e. The first-order valence-electron chi connectivity index (χ1n) is 2.48. The number of nitrogen functional groups attached to an aromatic ring is 2. The number of anilines is 3. The first-order valence-corrected chi connectivity index (χ1v) is 5.49. The SMILES string of the molecule is Nc1pcpc(NI)c1N. The van der Waals surface area contributed by atoms with E-state index in [0.29, 0.717) is 5.69 Å². The summed E-state index contributed by atoms with van der Waals surface area (Å²) in [4.78, 5) is 0. The van der Waals surface area contributed by atoms with Crippen molar-refractivity contribution in [2.45, 2.75) is 0 Å². The van der Waals surface area contributed by atoms with Crippen LogP contribution in [-0.4, -0.2) is 0 Å². The molecule has 0 saturated carbocycles. The molecule has 0 spiro atoms. The summed E-state index contributed by atoms with van der Waals surface area (Å²) in [5.41, 5.74) is 15.7. The Morgan fingerprint density at radius 1 is 1.40 bits per heavy atom. The summed E-state index contributed by atoms with van der Waals surface area (Å²) in [6.07, 6.45) is 0. The van der Waals surface area contributed by atoms with Crippen molar-refractivity contribution in [1.29, 1.82) is 0 Å². The summed E-state index contributed by atoms with van der Waals surface area (Å²) in [6.45, 7) is 0. The maximum Gasteiger partial charge on any atom is 0.0964 e. The summed E-state index contributed by atoms with van der Waals surface area (Å²) in [7, 11) is 2.14. The van der Waals surface area contributed by atoms with Gasteiger partial charge in [0.05, 0.1) is 39.4 Å². The van der Waals surface area contributed by atoms with E-state index >= 15 is 0 Å². The van der Waals surface area contributed by atoms with E-state index in [1.165, 1.54) is 0 Å². The highest BCUT2D eigenvalue weighted by Crippen LogP contribution is 2.39. The summed E-state index contributed by atoms with van der Waals surface area (Å²) in [6, 6.07) is 0. The topological polar surface area (TPSA) is 64.1 Å². The van der Waals surface area contributed by atoms with Gasteiger partial charge in [0, 0.05) is 0 Å². The maximum atomic E-state index is 5.65. The summed E-state index contributed by atoms with van der Waals surface area (Å²) < 4.78 is 2.96. The predicted molar refractivity (Wildman–Crippen MR) is 57.9 cm³/mol. The number of rotatable bonds is 1. The molecule has 0 aliphatic heterocycles. The van der Waals surface area contributed by atoms with Crippen LogP contribution in [0.2, 0.25) is 0 Å². The van der Waals surface area contributed by atoms with Crippen molar-refractivity contribution < 1.29 is 0 Å². The lowest BCUT2D eigenvalue weighted by Crippen LogP contribution is -1.93. The third-order valence-corrected chi connectivity index (χ3v) is 4.02. The summed E-state index contributed by atoms with van der Waals surface area (Å²) >= 11 is 2.05. The molecule has 0 bridgehead atoms. The van der Waals surface area contributed by atoms with Crippen LogP contribution in [0.15, 0.2) is 5.53 Å². The van der Waals surface area contributed by atoms with E-state index in [-0.39, 0.29) is 0 Å². The molecule has 0 aromatic carbocycles. The molecule has 1 rings (SSSR count). The van der Waals surface area contributed by atoms with E-state index in [9.17, 15) is 0 Å². The second kappa shape index (κ2) is 3.56. The first-order chi connectivity index (χ1) is 4.75. The molecule has 0 atom stereocenters. The van der Waals surface area contributed by atoms with Crippen LogP contribution < -0.4 is 15.0 Å². The van der Waals surface area contributed by atoms with Crippen LogP contribution in [-0.2, 0) is 0 Å². The van der Waals surface area contributed by atoms with Crippen LogP contribution in [0.3, 0.4) is 0 Å². The van der Waals surface area contributed by atoms with E-state index in [2.05, 4.69) is 3.53 Å². The third-order valence-electron chi connectivity index (χ3n) is 1.00. The van der Waals surface area contributed by atoms with Crippen molar-refractivity contribution in [3.05, 3.63) is 5.53 Å². The molecule has 0 aliphatic rings.